The average Bonchev–Trinajstić information content (AvgIpc) is 4.04. The van der Waals surface area contributed by atoms with Crippen LogP contribution in [-0.2, 0) is 57.2 Å². The van der Waals surface area contributed by atoms with E-state index >= 15 is 0 Å². The van der Waals surface area contributed by atoms with Crippen LogP contribution >= 0.6 is 0 Å². The Morgan fingerprint density at radius 2 is 0.873 bits per heavy atom. The highest BCUT2D eigenvalue weighted by molar-refractivity contribution is 5.80. The first-order valence-electron chi connectivity index (χ1n) is 23.1. The molecule has 12 heteroatoms. The normalized spacial score (nSPS) is 28.5. The number of rotatable bonds is 12. The molecular weight excluding hydrogens is 805 g/mol. The maximum absolute atomic E-state index is 12.1. The van der Waals surface area contributed by atoms with Gasteiger partial charge in [0.1, 0.15) is 24.4 Å². The van der Waals surface area contributed by atoms with E-state index in [4.69, 9.17) is 34.8 Å². The lowest BCUT2D eigenvalue weighted by Crippen LogP contribution is -2.39. The topological polar surface area (TPSA) is 158 Å². The quantitative estimate of drug-likeness (QED) is 0.104. The molecule has 63 heavy (non-hydrogen) atoms. The molecule has 0 aromatic rings. The van der Waals surface area contributed by atoms with Gasteiger partial charge in [-0.2, -0.15) is 0 Å². The highest BCUT2D eigenvalue weighted by Gasteiger charge is 2.64. The van der Waals surface area contributed by atoms with E-state index in [0.717, 1.165) is 51.4 Å². The second kappa shape index (κ2) is 20.0. The zero-order valence-corrected chi connectivity index (χ0v) is 41.4. The number of carbonyl (C=O) groups is 6. The summed E-state index contributed by atoms with van der Waals surface area (Å²) in [5.74, 6) is 8.52. The van der Waals surface area contributed by atoms with Gasteiger partial charge in [0.25, 0.3) is 0 Å². The molecule has 0 amide bonds. The van der Waals surface area contributed by atoms with Crippen LogP contribution in [0.4, 0.5) is 0 Å². The summed E-state index contributed by atoms with van der Waals surface area (Å²) in [5.41, 5.74) is -3.27. The molecule has 0 radical (unpaired) electrons. The number of hydrogen-bond acceptors (Lipinski definition) is 12. The van der Waals surface area contributed by atoms with Gasteiger partial charge < -0.3 is 28.4 Å². The molecule has 6 fully saturated rings. The van der Waals surface area contributed by atoms with Crippen LogP contribution in [-0.4, -0.2) is 71.4 Å². The zero-order chi connectivity index (χ0) is 48.3. The fourth-order valence-corrected chi connectivity index (χ4v) is 8.37. The van der Waals surface area contributed by atoms with Gasteiger partial charge in [0, 0.05) is 23.7 Å². The molecule has 10 unspecified atom stereocenters. The van der Waals surface area contributed by atoms with Crippen LogP contribution in [0.15, 0.2) is 0 Å². The minimum absolute atomic E-state index is 0.0779. The zero-order valence-electron chi connectivity index (χ0n) is 41.4. The van der Waals surface area contributed by atoms with Crippen molar-refractivity contribution in [2.24, 2.45) is 57.2 Å². The summed E-state index contributed by atoms with van der Waals surface area (Å²) in [6.45, 7) is 31.7. The van der Waals surface area contributed by atoms with Gasteiger partial charge in [0.2, 0.25) is 0 Å². The molecule has 0 spiro atoms. The maximum Gasteiger partial charge on any atom is 0.312 e. The summed E-state index contributed by atoms with van der Waals surface area (Å²) in [4.78, 5) is 70.7. The fourth-order valence-electron chi connectivity index (χ4n) is 8.37. The van der Waals surface area contributed by atoms with E-state index in [-0.39, 0.29) is 72.1 Å². The molecule has 10 atom stereocenters. The fraction of sp³-hybridized carbons (Fsp3) is 0.804. The van der Waals surface area contributed by atoms with Crippen molar-refractivity contribution < 1.29 is 57.2 Å². The standard InChI is InChI=1S/2C14H20O4.C12H20O2.C11H18O2/c2*1-4-14(2,3)13(16)18-10-7-5-8-9(6-7)12(15)17-11(8)10;1-7-9-12(5,6)14-10(13)11(3,4)8-2;1-7-10(3,4)9(12)13-11(5,6)8-2/h2*7-11H,4-6H2,1-3H3;8H2,1-6H3;2H,7H2,1,3-6H3. The van der Waals surface area contributed by atoms with Crippen molar-refractivity contribution in [2.75, 3.05) is 0 Å². The third-order valence-electron chi connectivity index (χ3n) is 14.5. The third kappa shape index (κ3) is 12.4. The molecule has 6 aliphatic rings. The number of carbonyl (C=O) groups excluding carboxylic acids is 6. The van der Waals surface area contributed by atoms with Crippen molar-refractivity contribution >= 4 is 35.8 Å². The maximum atomic E-state index is 12.1. The summed E-state index contributed by atoms with van der Waals surface area (Å²) in [7, 11) is 0. The van der Waals surface area contributed by atoms with Crippen LogP contribution in [0.3, 0.4) is 0 Å². The number of fused-ring (bicyclic) bond motifs is 2. The van der Waals surface area contributed by atoms with Crippen LogP contribution in [0.1, 0.15) is 169 Å². The Bertz CT molecular complexity index is 1740. The van der Waals surface area contributed by atoms with Gasteiger partial charge in [-0.15, -0.1) is 12.3 Å². The van der Waals surface area contributed by atoms with Gasteiger partial charge in [-0.3, -0.25) is 28.8 Å². The minimum atomic E-state index is -0.802. The highest BCUT2D eigenvalue weighted by atomic mass is 16.6. The van der Waals surface area contributed by atoms with Crippen molar-refractivity contribution in [3.8, 4) is 24.2 Å². The average molecular weight is 883 g/mol. The molecular formula is C51H78O12. The SMILES string of the molecule is C#CC(C)(C)OC(=O)C(C)(C)CC.CC#CC(C)(C)OC(=O)C(C)(C)CC.CCC(C)(C)C(=O)OC1C2CC3C(=O)OC1C3C2.CCC(C)(C)C(=O)OC1C2CC3C(=O)OC1C3C2. The van der Waals surface area contributed by atoms with E-state index in [1.807, 2.05) is 83.1 Å². The monoisotopic (exact) mass is 883 g/mol. The van der Waals surface area contributed by atoms with E-state index in [0.29, 0.717) is 23.7 Å². The van der Waals surface area contributed by atoms with E-state index in [9.17, 15) is 28.8 Å². The largest absolute Gasteiger partial charge is 0.458 e. The Balaban J connectivity index is 0.000000227. The van der Waals surface area contributed by atoms with Crippen LogP contribution < -0.4 is 0 Å². The van der Waals surface area contributed by atoms with E-state index < -0.39 is 32.9 Å². The molecule has 12 nitrogen and oxygen atoms in total. The summed E-state index contributed by atoms with van der Waals surface area (Å²) >= 11 is 0. The lowest BCUT2D eigenvalue weighted by Gasteiger charge is -2.29. The van der Waals surface area contributed by atoms with Crippen molar-refractivity contribution in [3.63, 3.8) is 0 Å². The first-order chi connectivity index (χ1) is 28.9. The van der Waals surface area contributed by atoms with E-state index in [1.54, 1.807) is 34.6 Å². The Hall–Kier alpha value is -4.06. The smallest absolute Gasteiger partial charge is 0.312 e. The predicted octanol–water partition coefficient (Wildman–Crippen LogP) is 8.98. The lowest BCUT2D eigenvalue weighted by molar-refractivity contribution is -0.170. The molecule has 2 aliphatic heterocycles. The molecule has 4 bridgehead atoms. The third-order valence-corrected chi connectivity index (χ3v) is 14.5. The van der Waals surface area contributed by atoms with Crippen LogP contribution in [0.25, 0.3) is 0 Å². The van der Waals surface area contributed by atoms with Gasteiger partial charge in [-0.05, 0) is 141 Å². The predicted molar refractivity (Wildman–Crippen MR) is 238 cm³/mol. The molecule has 0 aromatic carbocycles. The first kappa shape index (κ1) is 53.3. The second-order valence-corrected chi connectivity index (χ2v) is 21.8. The molecule has 4 aliphatic carbocycles. The second-order valence-electron chi connectivity index (χ2n) is 21.8. The summed E-state index contributed by atoms with van der Waals surface area (Å²) in [6.07, 6.45) is 11.1. The minimum Gasteiger partial charge on any atom is -0.458 e. The number of ether oxygens (including phenoxy) is 6. The first-order valence-corrected chi connectivity index (χ1v) is 23.1. The van der Waals surface area contributed by atoms with Gasteiger partial charge in [-0.1, -0.05) is 39.5 Å². The Kier molecular flexibility index (Phi) is 16.9. The summed E-state index contributed by atoms with van der Waals surface area (Å²) < 4.78 is 32.6. The van der Waals surface area contributed by atoms with Crippen molar-refractivity contribution in [1.29, 1.82) is 0 Å². The summed E-state index contributed by atoms with van der Waals surface area (Å²) in [5, 5.41) is 0. The van der Waals surface area contributed by atoms with Crippen molar-refractivity contribution in [3.05, 3.63) is 0 Å². The molecule has 354 valence electrons. The Labute approximate surface area is 378 Å². The van der Waals surface area contributed by atoms with Gasteiger partial charge in [0.15, 0.2) is 11.2 Å². The van der Waals surface area contributed by atoms with Crippen molar-refractivity contribution in [2.45, 2.75) is 205 Å². The molecule has 0 aromatic heterocycles. The molecule has 2 saturated heterocycles. The molecule has 4 saturated carbocycles. The van der Waals surface area contributed by atoms with E-state index in [2.05, 4.69) is 17.8 Å². The van der Waals surface area contributed by atoms with Gasteiger partial charge in [-0.25, -0.2) is 0 Å². The number of esters is 6. The van der Waals surface area contributed by atoms with Crippen molar-refractivity contribution in [1.82, 2.24) is 0 Å². The number of terminal acetylenes is 1. The molecule has 6 rings (SSSR count). The molecule has 0 N–H and O–H groups in total. The van der Waals surface area contributed by atoms with Gasteiger partial charge in [0.05, 0.1) is 33.5 Å². The van der Waals surface area contributed by atoms with Gasteiger partial charge >= 0.3 is 35.8 Å². The Morgan fingerprint density at radius 3 is 1.17 bits per heavy atom. The summed E-state index contributed by atoms with van der Waals surface area (Å²) in [6, 6.07) is 0. The highest BCUT2D eigenvalue weighted by Crippen LogP contribution is 2.57. The van der Waals surface area contributed by atoms with E-state index in [1.165, 1.54) is 0 Å². The van der Waals surface area contributed by atoms with Crippen LogP contribution in [0.5, 0.6) is 0 Å². The van der Waals surface area contributed by atoms with Crippen LogP contribution in [0, 0.1) is 81.4 Å². The molecule has 2 heterocycles. The lowest BCUT2D eigenvalue weighted by atomic mass is 9.87. The van der Waals surface area contributed by atoms with Crippen LogP contribution in [0.2, 0.25) is 0 Å². The number of hydrogen-bond donors (Lipinski definition) is 0. The Morgan fingerprint density at radius 1 is 0.556 bits per heavy atom.